The molecule has 0 unspecified atom stereocenters. The van der Waals surface area contributed by atoms with Gasteiger partial charge in [-0.05, 0) is 50.9 Å². The van der Waals surface area contributed by atoms with Crippen molar-refractivity contribution in [1.82, 2.24) is 9.80 Å². The third-order valence-corrected chi connectivity index (χ3v) is 7.61. The van der Waals surface area contributed by atoms with Crippen molar-refractivity contribution >= 4 is 21.6 Å². The van der Waals surface area contributed by atoms with Crippen molar-refractivity contribution < 1.29 is 23.1 Å². The second kappa shape index (κ2) is 11.7. The minimum Gasteiger partial charge on any atom is -0.488 e. The zero-order valence-corrected chi connectivity index (χ0v) is 21.8. The van der Waals surface area contributed by atoms with Crippen LogP contribution in [0.5, 0.6) is 5.75 Å². The first-order valence-electron chi connectivity index (χ1n) is 12.4. The number of nitrogens with one attached hydrogen (secondary N) is 1. The smallest absolute Gasteiger partial charge is 0.229 e. The Morgan fingerprint density at radius 3 is 2.59 bits per heavy atom. The molecule has 1 aromatic rings. The van der Waals surface area contributed by atoms with Gasteiger partial charge in [0.05, 0.1) is 25.3 Å². The van der Waals surface area contributed by atoms with E-state index in [1.54, 1.807) is 23.1 Å². The van der Waals surface area contributed by atoms with Crippen LogP contribution in [0.4, 0.5) is 5.69 Å². The summed E-state index contributed by atoms with van der Waals surface area (Å²) in [4.78, 5) is 17.3. The van der Waals surface area contributed by atoms with Crippen molar-refractivity contribution in [1.29, 1.82) is 0 Å². The molecule has 9 heteroatoms. The summed E-state index contributed by atoms with van der Waals surface area (Å²) in [5.74, 6) is 1.26. The number of fused-ring (bicyclic) bond motifs is 1. The maximum absolute atomic E-state index is 13.2. The summed E-state index contributed by atoms with van der Waals surface area (Å²) >= 11 is 0. The molecule has 1 aliphatic heterocycles. The lowest BCUT2D eigenvalue weighted by molar-refractivity contribution is -0.134. The third-order valence-electron chi connectivity index (χ3n) is 7.01. The van der Waals surface area contributed by atoms with Gasteiger partial charge in [0.15, 0.2) is 0 Å². The molecule has 34 heavy (non-hydrogen) atoms. The first-order chi connectivity index (χ1) is 16.1. The predicted molar refractivity (Wildman–Crippen MR) is 135 cm³/mol. The highest BCUT2D eigenvalue weighted by Crippen LogP contribution is 2.30. The number of amides is 1. The SMILES string of the molecule is C[C@H]1CN([C@@H](C)CO)C(=O)Cc2cc(NS(C)(=O)=O)ccc2O[C@H]1CN(C)CC1CCCCC1. The second-order valence-electron chi connectivity index (χ2n) is 10.3. The fourth-order valence-electron chi connectivity index (χ4n) is 5.12. The molecule has 0 aromatic heterocycles. The van der Waals surface area contributed by atoms with E-state index >= 15 is 0 Å². The molecular weight excluding hydrogens is 454 g/mol. The molecule has 1 aromatic carbocycles. The molecule has 1 heterocycles. The minimum atomic E-state index is -3.44. The third kappa shape index (κ3) is 7.58. The van der Waals surface area contributed by atoms with E-state index in [0.29, 0.717) is 23.5 Å². The number of ether oxygens (including phenoxy) is 1. The van der Waals surface area contributed by atoms with E-state index in [-0.39, 0.29) is 37.0 Å². The first-order valence-corrected chi connectivity index (χ1v) is 14.3. The number of carbonyl (C=O) groups is 1. The predicted octanol–water partition coefficient (Wildman–Crippen LogP) is 2.72. The lowest BCUT2D eigenvalue weighted by Crippen LogP contribution is -2.48. The largest absolute Gasteiger partial charge is 0.488 e. The van der Waals surface area contributed by atoms with Gasteiger partial charge in [-0.3, -0.25) is 9.52 Å². The molecule has 192 valence electrons. The van der Waals surface area contributed by atoms with Crippen LogP contribution in [-0.4, -0.2) is 80.9 Å². The van der Waals surface area contributed by atoms with Crippen LogP contribution < -0.4 is 9.46 Å². The minimum absolute atomic E-state index is 0.0477. The van der Waals surface area contributed by atoms with Crippen molar-refractivity contribution in [3.8, 4) is 5.75 Å². The van der Waals surface area contributed by atoms with Crippen molar-refractivity contribution in [2.24, 2.45) is 11.8 Å². The maximum atomic E-state index is 13.2. The van der Waals surface area contributed by atoms with Crippen LogP contribution in [0, 0.1) is 11.8 Å². The molecule has 0 bridgehead atoms. The summed E-state index contributed by atoms with van der Waals surface area (Å²) < 4.78 is 32.4. The maximum Gasteiger partial charge on any atom is 0.229 e. The highest BCUT2D eigenvalue weighted by Gasteiger charge is 2.31. The highest BCUT2D eigenvalue weighted by atomic mass is 32.2. The molecule has 1 saturated carbocycles. The van der Waals surface area contributed by atoms with Crippen LogP contribution in [0.2, 0.25) is 0 Å². The van der Waals surface area contributed by atoms with E-state index < -0.39 is 10.0 Å². The fourth-order valence-corrected chi connectivity index (χ4v) is 5.67. The van der Waals surface area contributed by atoms with Crippen LogP contribution in [0.1, 0.15) is 51.5 Å². The van der Waals surface area contributed by atoms with E-state index in [1.165, 1.54) is 32.1 Å². The molecule has 1 aliphatic carbocycles. The number of anilines is 1. The number of rotatable bonds is 8. The van der Waals surface area contributed by atoms with Crippen molar-refractivity contribution in [2.45, 2.75) is 64.5 Å². The average Bonchev–Trinajstić information content (AvgIpc) is 2.81. The van der Waals surface area contributed by atoms with Gasteiger partial charge in [-0.25, -0.2) is 8.42 Å². The Hall–Kier alpha value is -1.84. The zero-order chi connectivity index (χ0) is 24.9. The van der Waals surface area contributed by atoms with Crippen LogP contribution in [0.3, 0.4) is 0 Å². The van der Waals surface area contributed by atoms with Crippen LogP contribution in [0.15, 0.2) is 18.2 Å². The summed E-state index contributed by atoms with van der Waals surface area (Å²) in [6, 6.07) is 4.79. The van der Waals surface area contributed by atoms with Gasteiger partial charge in [0, 0.05) is 36.8 Å². The molecule has 1 fully saturated rings. The number of hydrogen-bond acceptors (Lipinski definition) is 6. The Morgan fingerprint density at radius 2 is 1.94 bits per heavy atom. The summed E-state index contributed by atoms with van der Waals surface area (Å²) in [5.41, 5.74) is 1.04. The highest BCUT2D eigenvalue weighted by molar-refractivity contribution is 7.92. The fraction of sp³-hybridized carbons (Fsp3) is 0.720. The normalized spacial score (nSPS) is 23.5. The monoisotopic (exact) mass is 495 g/mol. The molecule has 2 N–H and O–H groups in total. The van der Waals surface area contributed by atoms with E-state index in [9.17, 15) is 18.3 Å². The topological polar surface area (TPSA) is 99.2 Å². The molecule has 3 atom stereocenters. The summed E-state index contributed by atoms with van der Waals surface area (Å²) in [6.07, 6.45) is 7.53. The van der Waals surface area contributed by atoms with E-state index in [1.807, 2.05) is 6.92 Å². The second-order valence-corrected chi connectivity index (χ2v) is 12.1. The van der Waals surface area contributed by atoms with Crippen LogP contribution in [-0.2, 0) is 21.2 Å². The Labute approximate surface area is 204 Å². The van der Waals surface area contributed by atoms with Gasteiger partial charge >= 0.3 is 0 Å². The number of carbonyl (C=O) groups excluding carboxylic acids is 1. The van der Waals surface area contributed by atoms with Gasteiger partial charge in [0.1, 0.15) is 11.9 Å². The Kier molecular flexibility index (Phi) is 9.23. The van der Waals surface area contributed by atoms with Gasteiger partial charge in [-0.2, -0.15) is 0 Å². The van der Waals surface area contributed by atoms with Gasteiger partial charge in [-0.15, -0.1) is 0 Å². The Bertz CT molecular complexity index is 932. The van der Waals surface area contributed by atoms with Crippen LogP contribution >= 0.6 is 0 Å². The average molecular weight is 496 g/mol. The number of likely N-dealkylation sites (N-methyl/N-ethyl adjacent to an activating group) is 1. The molecule has 0 saturated heterocycles. The number of aliphatic hydroxyl groups is 1. The quantitative estimate of drug-likeness (QED) is 0.575. The lowest BCUT2D eigenvalue weighted by Gasteiger charge is -2.35. The molecule has 1 amide bonds. The molecule has 8 nitrogen and oxygen atoms in total. The van der Waals surface area contributed by atoms with E-state index in [4.69, 9.17) is 4.74 Å². The van der Waals surface area contributed by atoms with E-state index in [2.05, 4.69) is 23.6 Å². The summed E-state index contributed by atoms with van der Waals surface area (Å²) in [5, 5.41) is 9.77. The summed E-state index contributed by atoms with van der Waals surface area (Å²) in [6.45, 7) is 6.07. The van der Waals surface area contributed by atoms with Gasteiger partial charge < -0.3 is 19.6 Å². The van der Waals surface area contributed by atoms with E-state index in [0.717, 1.165) is 25.3 Å². The number of nitrogens with zero attached hydrogens (tertiary/aromatic N) is 2. The molecule has 0 spiro atoms. The molecule has 3 rings (SSSR count). The standard InChI is InChI=1S/C25H41N3O5S/c1-18-14-28(19(2)17-29)25(30)13-21-12-22(26-34(4,31)32)10-11-23(21)33-24(18)16-27(3)15-20-8-6-5-7-9-20/h10-12,18-20,24,26,29H,5-9,13-17H2,1-4H3/t18-,19-,24-/m0/s1. The first kappa shape index (κ1) is 26.8. The van der Waals surface area contributed by atoms with Crippen molar-refractivity contribution in [3.05, 3.63) is 23.8 Å². The van der Waals surface area contributed by atoms with Gasteiger partial charge in [0.25, 0.3) is 0 Å². The molecule has 2 aliphatic rings. The molecular formula is C25H41N3O5S. The van der Waals surface area contributed by atoms with Crippen molar-refractivity contribution in [3.63, 3.8) is 0 Å². The number of sulfonamides is 1. The zero-order valence-electron chi connectivity index (χ0n) is 21.0. The van der Waals surface area contributed by atoms with Gasteiger partial charge in [-0.1, -0.05) is 26.2 Å². The van der Waals surface area contributed by atoms with Crippen LogP contribution in [0.25, 0.3) is 0 Å². The number of aliphatic hydroxyl groups excluding tert-OH is 1. The van der Waals surface area contributed by atoms with Crippen molar-refractivity contribution in [2.75, 3.05) is 44.3 Å². The number of benzene rings is 1. The Morgan fingerprint density at radius 1 is 1.24 bits per heavy atom. The lowest BCUT2D eigenvalue weighted by atomic mass is 9.89. The Balaban J connectivity index is 1.87. The van der Waals surface area contributed by atoms with Gasteiger partial charge in [0.2, 0.25) is 15.9 Å². The molecule has 0 radical (unpaired) electrons. The number of hydrogen-bond donors (Lipinski definition) is 2. The summed E-state index contributed by atoms with van der Waals surface area (Å²) in [7, 11) is -1.31.